The summed E-state index contributed by atoms with van der Waals surface area (Å²) in [6.45, 7) is 1.96. The molecule has 8 heteroatoms. The van der Waals surface area contributed by atoms with E-state index in [4.69, 9.17) is 14.6 Å². The maximum absolute atomic E-state index is 12.6. The fraction of sp³-hybridized carbons (Fsp3) is 0.231. The van der Waals surface area contributed by atoms with Gasteiger partial charge in [-0.1, -0.05) is 24.3 Å². The van der Waals surface area contributed by atoms with Crippen LogP contribution in [0.15, 0.2) is 60.0 Å². The first-order valence-corrected chi connectivity index (χ1v) is 10.8. The maximum atomic E-state index is 12.6. The van der Waals surface area contributed by atoms with Gasteiger partial charge in [-0.3, -0.25) is 4.98 Å². The van der Waals surface area contributed by atoms with Crippen LogP contribution in [-0.4, -0.2) is 49.0 Å². The molecule has 3 aromatic rings. The molecule has 0 fully saturated rings. The molecule has 172 valence electrons. The van der Waals surface area contributed by atoms with Gasteiger partial charge in [0.25, 0.3) is 0 Å². The summed E-state index contributed by atoms with van der Waals surface area (Å²) in [5, 5.41) is 18.1. The average Bonchev–Trinajstić information content (AvgIpc) is 3.02. The zero-order valence-electron chi connectivity index (χ0n) is 19.5. The Kier molecular flexibility index (Phi) is 6.46. The molecule has 4 rings (SSSR count). The van der Waals surface area contributed by atoms with Gasteiger partial charge in [0.15, 0.2) is 11.5 Å². The van der Waals surface area contributed by atoms with Gasteiger partial charge >= 0.3 is 6.03 Å². The molecule has 1 aliphatic rings. The number of nitriles is 1. The van der Waals surface area contributed by atoms with Crippen LogP contribution in [0.3, 0.4) is 0 Å². The molecule has 0 saturated carbocycles. The van der Waals surface area contributed by atoms with Crippen molar-refractivity contribution in [2.75, 3.05) is 21.3 Å². The standard InChI is InChI=1S/C26H25N5O3/c1-16-9-20-11-23(33-3)24(34-4)12-22(20)25(30-31(16)26(32)28-2)19-7-5-18(6-8-19)21-10-17(13-27)14-29-15-21/h5-8,10-12,14-16H,9H2,1-4H3,(H,28,32). The molecule has 2 amide bonds. The number of carbonyl (C=O) groups is 1. The van der Waals surface area contributed by atoms with Crippen LogP contribution in [0.1, 0.15) is 29.2 Å². The molecule has 1 N–H and O–H groups in total. The highest BCUT2D eigenvalue weighted by Crippen LogP contribution is 2.35. The quantitative estimate of drug-likeness (QED) is 0.642. The highest BCUT2D eigenvalue weighted by Gasteiger charge is 2.28. The third kappa shape index (κ3) is 4.28. The van der Waals surface area contributed by atoms with Gasteiger partial charge in [-0.15, -0.1) is 0 Å². The second kappa shape index (κ2) is 9.63. The van der Waals surface area contributed by atoms with Gasteiger partial charge in [0.1, 0.15) is 6.07 Å². The lowest BCUT2D eigenvalue weighted by atomic mass is 9.93. The van der Waals surface area contributed by atoms with Crippen molar-refractivity contribution in [2.24, 2.45) is 5.10 Å². The minimum absolute atomic E-state index is 0.173. The highest BCUT2D eigenvalue weighted by molar-refractivity contribution is 6.14. The Bertz CT molecular complexity index is 1290. The Morgan fingerprint density at radius 1 is 1.06 bits per heavy atom. The summed E-state index contributed by atoms with van der Waals surface area (Å²) in [5.41, 5.74) is 5.64. The lowest BCUT2D eigenvalue weighted by Gasteiger charge is -2.22. The number of hydrogen-bond acceptors (Lipinski definition) is 6. The van der Waals surface area contributed by atoms with E-state index >= 15 is 0 Å². The van der Waals surface area contributed by atoms with Crippen molar-refractivity contribution in [2.45, 2.75) is 19.4 Å². The van der Waals surface area contributed by atoms with E-state index in [0.29, 0.717) is 29.2 Å². The Balaban J connectivity index is 1.85. The molecule has 1 atom stereocenters. The first-order chi connectivity index (χ1) is 16.5. The molecule has 1 aliphatic heterocycles. The maximum Gasteiger partial charge on any atom is 0.337 e. The lowest BCUT2D eigenvalue weighted by molar-refractivity contribution is 0.184. The molecule has 1 aromatic heterocycles. The van der Waals surface area contributed by atoms with Crippen LogP contribution >= 0.6 is 0 Å². The van der Waals surface area contributed by atoms with Crippen molar-refractivity contribution >= 4 is 11.7 Å². The number of carbonyl (C=O) groups excluding carboxylic acids is 1. The molecule has 34 heavy (non-hydrogen) atoms. The largest absolute Gasteiger partial charge is 0.493 e. The molecular weight excluding hydrogens is 430 g/mol. The SMILES string of the molecule is CNC(=O)N1N=C(c2ccc(-c3cncc(C#N)c3)cc2)c2cc(OC)c(OC)cc2CC1C. The van der Waals surface area contributed by atoms with Crippen LogP contribution in [0.25, 0.3) is 11.1 Å². The number of fused-ring (bicyclic) bond motifs is 1. The van der Waals surface area contributed by atoms with Crippen LogP contribution in [-0.2, 0) is 6.42 Å². The molecule has 2 aromatic carbocycles. The minimum atomic E-state index is -0.284. The van der Waals surface area contributed by atoms with E-state index in [1.807, 2.05) is 43.3 Å². The van der Waals surface area contributed by atoms with Gasteiger partial charge in [0.2, 0.25) is 0 Å². The average molecular weight is 456 g/mol. The molecule has 0 radical (unpaired) electrons. The number of nitrogens with zero attached hydrogens (tertiary/aromatic N) is 4. The van der Waals surface area contributed by atoms with E-state index in [9.17, 15) is 10.1 Å². The highest BCUT2D eigenvalue weighted by atomic mass is 16.5. The van der Waals surface area contributed by atoms with Crippen molar-refractivity contribution < 1.29 is 14.3 Å². The smallest absolute Gasteiger partial charge is 0.337 e. The number of benzene rings is 2. The van der Waals surface area contributed by atoms with Crippen molar-refractivity contribution in [3.8, 4) is 28.7 Å². The molecule has 2 heterocycles. The monoisotopic (exact) mass is 455 g/mol. The molecule has 0 spiro atoms. The topological polar surface area (TPSA) is 99.8 Å². The number of ether oxygens (including phenoxy) is 2. The zero-order valence-corrected chi connectivity index (χ0v) is 19.5. The predicted octanol–water partition coefficient (Wildman–Crippen LogP) is 3.98. The molecule has 0 saturated heterocycles. The van der Waals surface area contributed by atoms with Crippen LogP contribution in [0.4, 0.5) is 4.79 Å². The number of nitrogens with one attached hydrogen (secondary N) is 1. The van der Waals surface area contributed by atoms with Crippen molar-refractivity contribution in [3.63, 3.8) is 0 Å². The fourth-order valence-electron chi connectivity index (χ4n) is 4.03. The van der Waals surface area contributed by atoms with Gasteiger partial charge in [-0.2, -0.15) is 10.4 Å². The van der Waals surface area contributed by atoms with Gasteiger partial charge in [0, 0.05) is 36.1 Å². The first-order valence-electron chi connectivity index (χ1n) is 10.8. The minimum Gasteiger partial charge on any atom is -0.493 e. The van der Waals surface area contributed by atoms with E-state index in [-0.39, 0.29) is 12.1 Å². The number of methoxy groups -OCH3 is 2. The fourth-order valence-corrected chi connectivity index (χ4v) is 4.03. The normalized spacial score (nSPS) is 14.9. The molecule has 8 nitrogen and oxygen atoms in total. The van der Waals surface area contributed by atoms with Crippen LogP contribution in [0.5, 0.6) is 11.5 Å². The Hall–Kier alpha value is -4.38. The van der Waals surface area contributed by atoms with Crippen molar-refractivity contribution in [3.05, 3.63) is 77.1 Å². The summed E-state index contributed by atoms with van der Waals surface area (Å²) >= 11 is 0. The van der Waals surface area contributed by atoms with Gasteiger partial charge < -0.3 is 14.8 Å². The summed E-state index contributed by atoms with van der Waals surface area (Å²) in [6, 6.07) is 15.1. The molecule has 1 unspecified atom stereocenters. The number of hydrazone groups is 1. The van der Waals surface area contributed by atoms with E-state index in [2.05, 4.69) is 16.4 Å². The van der Waals surface area contributed by atoms with E-state index in [0.717, 1.165) is 27.8 Å². The van der Waals surface area contributed by atoms with Crippen molar-refractivity contribution in [1.29, 1.82) is 5.26 Å². The lowest BCUT2D eigenvalue weighted by Crippen LogP contribution is -2.41. The van der Waals surface area contributed by atoms with Crippen LogP contribution in [0, 0.1) is 11.3 Å². The van der Waals surface area contributed by atoms with Gasteiger partial charge in [-0.25, -0.2) is 9.80 Å². The molecule has 0 bridgehead atoms. The van der Waals surface area contributed by atoms with Crippen LogP contribution < -0.4 is 14.8 Å². The number of amides is 2. The molecule has 0 aliphatic carbocycles. The summed E-state index contributed by atoms with van der Waals surface area (Å²) in [4.78, 5) is 16.8. The van der Waals surface area contributed by atoms with E-state index in [1.165, 1.54) is 11.2 Å². The first kappa shape index (κ1) is 22.8. The van der Waals surface area contributed by atoms with Gasteiger partial charge in [0.05, 0.1) is 31.5 Å². The third-order valence-corrected chi connectivity index (χ3v) is 5.79. The zero-order chi connectivity index (χ0) is 24.2. The number of aromatic nitrogens is 1. The number of urea groups is 1. The van der Waals surface area contributed by atoms with E-state index in [1.54, 1.807) is 33.5 Å². The third-order valence-electron chi connectivity index (χ3n) is 5.79. The summed E-state index contributed by atoms with van der Waals surface area (Å²) in [6.07, 6.45) is 3.85. The second-order valence-corrected chi connectivity index (χ2v) is 7.92. The number of pyridine rings is 1. The molecular formula is C26H25N5O3. The number of hydrogen-bond donors (Lipinski definition) is 1. The predicted molar refractivity (Wildman–Crippen MR) is 129 cm³/mol. The Labute approximate surface area is 198 Å². The van der Waals surface area contributed by atoms with Crippen LogP contribution in [0.2, 0.25) is 0 Å². The van der Waals surface area contributed by atoms with Gasteiger partial charge in [-0.05, 0) is 42.7 Å². The van der Waals surface area contributed by atoms with E-state index < -0.39 is 0 Å². The Morgan fingerprint density at radius 2 is 1.74 bits per heavy atom. The number of rotatable bonds is 4. The summed E-state index contributed by atoms with van der Waals surface area (Å²) in [7, 11) is 4.78. The second-order valence-electron chi connectivity index (χ2n) is 7.92. The summed E-state index contributed by atoms with van der Waals surface area (Å²) < 4.78 is 11.1. The summed E-state index contributed by atoms with van der Waals surface area (Å²) in [5.74, 6) is 1.22. The van der Waals surface area contributed by atoms with Crippen molar-refractivity contribution in [1.82, 2.24) is 15.3 Å². The Morgan fingerprint density at radius 3 is 2.38 bits per heavy atom.